The number of ketones is 1. The second kappa shape index (κ2) is 5.80. The maximum absolute atomic E-state index is 12.6. The van der Waals surface area contributed by atoms with Crippen molar-refractivity contribution >= 4 is 11.5 Å². The third-order valence-corrected chi connectivity index (χ3v) is 3.93. The minimum absolute atomic E-state index is 0.0313. The summed E-state index contributed by atoms with van der Waals surface area (Å²) in [6, 6.07) is 7.82. The molecule has 1 atom stereocenters. The maximum atomic E-state index is 12.6. The van der Waals surface area contributed by atoms with E-state index >= 15 is 0 Å². The molecule has 1 aromatic carbocycles. The second-order valence-electron chi connectivity index (χ2n) is 5.59. The Bertz CT molecular complexity index is 531. The molecule has 1 aliphatic rings. The third-order valence-electron chi connectivity index (χ3n) is 3.93. The van der Waals surface area contributed by atoms with Crippen LogP contribution in [0.15, 0.2) is 30.3 Å². The topological polar surface area (TPSA) is 35.5 Å². The molecule has 3 nitrogen and oxygen atoms in total. The molecular weight excluding hydrogens is 252 g/mol. The molecule has 1 aromatic rings. The Hall–Kier alpha value is -1.61. The Morgan fingerprint density at radius 2 is 1.90 bits per heavy atom. The predicted molar refractivity (Wildman–Crippen MR) is 79.2 cm³/mol. The summed E-state index contributed by atoms with van der Waals surface area (Å²) < 4.78 is 11.0. The smallest absolute Gasteiger partial charge is 0.195 e. The summed E-state index contributed by atoms with van der Waals surface area (Å²) in [5, 5.41) is 0. The van der Waals surface area contributed by atoms with Gasteiger partial charge in [0, 0.05) is 24.3 Å². The van der Waals surface area contributed by atoms with E-state index in [-0.39, 0.29) is 5.78 Å². The van der Waals surface area contributed by atoms with Crippen molar-refractivity contribution in [3.8, 4) is 0 Å². The van der Waals surface area contributed by atoms with Crippen molar-refractivity contribution in [3.05, 3.63) is 41.5 Å². The predicted octanol–water partition coefficient (Wildman–Crippen LogP) is 3.53. The zero-order valence-electron chi connectivity index (χ0n) is 12.6. The fraction of sp³-hybridized carbons (Fsp3) is 0.471. The first kappa shape index (κ1) is 14.8. The van der Waals surface area contributed by atoms with Crippen LogP contribution in [0.5, 0.6) is 0 Å². The van der Waals surface area contributed by atoms with Crippen LogP contribution in [0.3, 0.4) is 0 Å². The van der Waals surface area contributed by atoms with Gasteiger partial charge in [-0.1, -0.05) is 38.1 Å². The number of hydrogen-bond donors (Lipinski definition) is 0. The molecule has 0 saturated heterocycles. The first-order valence-electron chi connectivity index (χ1n) is 7.00. The van der Waals surface area contributed by atoms with Gasteiger partial charge in [0.1, 0.15) is 5.76 Å². The van der Waals surface area contributed by atoms with Gasteiger partial charge in [0.05, 0.1) is 7.11 Å². The van der Waals surface area contributed by atoms with Crippen LogP contribution < -0.4 is 0 Å². The summed E-state index contributed by atoms with van der Waals surface area (Å²) in [6.45, 7) is 4.30. The van der Waals surface area contributed by atoms with Gasteiger partial charge in [-0.25, -0.2) is 0 Å². The number of rotatable bonds is 5. The van der Waals surface area contributed by atoms with E-state index in [1.54, 1.807) is 20.3 Å². The molecule has 0 heterocycles. The summed E-state index contributed by atoms with van der Waals surface area (Å²) in [5.41, 5.74) is 0.982. The van der Waals surface area contributed by atoms with E-state index in [1.807, 2.05) is 24.3 Å². The van der Waals surface area contributed by atoms with Crippen molar-refractivity contribution in [2.45, 2.75) is 32.3 Å². The highest BCUT2D eigenvalue weighted by molar-refractivity contribution is 6.05. The van der Waals surface area contributed by atoms with Crippen molar-refractivity contribution in [1.29, 1.82) is 0 Å². The molecule has 0 aromatic heterocycles. The number of hydrogen-bond acceptors (Lipinski definition) is 3. The number of methoxy groups -OCH3 is 2. The van der Waals surface area contributed by atoms with Gasteiger partial charge in [-0.15, -0.1) is 0 Å². The largest absolute Gasteiger partial charge is 0.496 e. The SMILES string of the molecule is COC1=CC(=O)C(CCC(C)C)(OC)c2ccccc21. The summed E-state index contributed by atoms with van der Waals surface area (Å²) >= 11 is 0. The quantitative estimate of drug-likeness (QED) is 0.824. The number of carbonyl (C=O) groups is 1. The molecule has 1 aliphatic carbocycles. The zero-order chi connectivity index (χ0) is 14.8. The van der Waals surface area contributed by atoms with Crippen molar-refractivity contribution < 1.29 is 14.3 Å². The molecule has 0 spiro atoms. The van der Waals surface area contributed by atoms with E-state index in [1.165, 1.54) is 0 Å². The van der Waals surface area contributed by atoms with Crippen molar-refractivity contribution in [3.63, 3.8) is 0 Å². The molecule has 2 rings (SSSR count). The first-order valence-corrected chi connectivity index (χ1v) is 7.00. The van der Waals surface area contributed by atoms with E-state index in [0.717, 1.165) is 17.5 Å². The lowest BCUT2D eigenvalue weighted by Crippen LogP contribution is -2.40. The summed E-state index contributed by atoms with van der Waals surface area (Å²) in [5.74, 6) is 1.11. The Kier molecular flexibility index (Phi) is 4.29. The fourth-order valence-electron chi connectivity index (χ4n) is 2.73. The molecule has 0 radical (unpaired) electrons. The van der Waals surface area contributed by atoms with E-state index in [2.05, 4.69) is 13.8 Å². The molecule has 0 N–H and O–H groups in total. The molecule has 0 bridgehead atoms. The van der Waals surface area contributed by atoms with Gasteiger partial charge in [-0.2, -0.15) is 0 Å². The van der Waals surface area contributed by atoms with Gasteiger partial charge in [0.2, 0.25) is 0 Å². The maximum Gasteiger partial charge on any atom is 0.195 e. The zero-order valence-corrected chi connectivity index (χ0v) is 12.6. The monoisotopic (exact) mass is 274 g/mol. The molecule has 0 aliphatic heterocycles. The summed E-state index contributed by atoms with van der Waals surface area (Å²) in [4.78, 5) is 12.6. The lowest BCUT2D eigenvalue weighted by molar-refractivity contribution is -0.139. The molecule has 108 valence electrons. The first-order chi connectivity index (χ1) is 9.55. The normalized spacial score (nSPS) is 21.6. The van der Waals surface area contributed by atoms with Gasteiger partial charge in [-0.3, -0.25) is 4.79 Å². The summed E-state index contributed by atoms with van der Waals surface area (Å²) in [6.07, 6.45) is 3.18. The Morgan fingerprint density at radius 3 is 2.50 bits per heavy atom. The van der Waals surface area contributed by atoms with Crippen LogP contribution in [0.4, 0.5) is 0 Å². The van der Waals surface area contributed by atoms with Gasteiger partial charge in [0.15, 0.2) is 11.4 Å². The molecule has 20 heavy (non-hydrogen) atoms. The molecule has 0 fully saturated rings. The molecule has 1 unspecified atom stereocenters. The third kappa shape index (κ3) is 2.38. The van der Waals surface area contributed by atoms with Crippen LogP contribution in [0.25, 0.3) is 5.76 Å². The minimum atomic E-state index is -0.872. The highest BCUT2D eigenvalue weighted by atomic mass is 16.5. The van der Waals surface area contributed by atoms with Crippen LogP contribution in [0.2, 0.25) is 0 Å². The van der Waals surface area contributed by atoms with Gasteiger partial charge in [-0.05, 0) is 18.8 Å². The average Bonchev–Trinajstić information content (AvgIpc) is 2.46. The van der Waals surface area contributed by atoms with E-state index in [9.17, 15) is 4.79 Å². The summed E-state index contributed by atoms with van der Waals surface area (Å²) in [7, 11) is 3.20. The highest BCUT2D eigenvalue weighted by Gasteiger charge is 2.44. The van der Waals surface area contributed by atoms with Gasteiger partial charge < -0.3 is 9.47 Å². The van der Waals surface area contributed by atoms with E-state index in [0.29, 0.717) is 18.1 Å². The Labute approximate surface area is 120 Å². The van der Waals surface area contributed by atoms with Gasteiger partial charge >= 0.3 is 0 Å². The molecular formula is C17H22O3. The van der Waals surface area contributed by atoms with Crippen molar-refractivity contribution in [2.24, 2.45) is 5.92 Å². The minimum Gasteiger partial charge on any atom is -0.496 e. The standard InChI is InChI=1S/C17H22O3/c1-12(2)9-10-17(20-4)14-8-6-5-7-13(14)15(19-3)11-16(17)18/h5-8,11-12H,9-10H2,1-4H3. The second-order valence-corrected chi connectivity index (χ2v) is 5.59. The Balaban J connectivity index is 2.52. The Morgan fingerprint density at radius 1 is 1.20 bits per heavy atom. The van der Waals surface area contributed by atoms with E-state index < -0.39 is 5.60 Å². The van der Waals surface area contributed by atoms with Crippen LogP contribution in [0, 0.1) is 5.92 Å². The highest BCUT2D eigenvalue weighted by Crippen LogP contribution is 2.41. The molecule has 0 saturated carbocycles. The lowest BCUT2D eigenvalue weighted by Gasteiger charge is -2.35. The lowest BCUT2D eigenvalue weighted by atomic mass is 9.77. The van der Waals surface area contributed by atoms with Gasteiger partial charge in [0.25, 0.3) is 0 Å². The van der Waals surface area contributed by atoms with Crippen molar-refractivity contribution in [2.75, 3.05) is 14.2 Å². The van der Waals surface area contributed by atoms with Crippen LogP contribution in [-0.4, -0.2) is 20.0 Å². The van der Waals surface area contributed by atoms with Crippen LogP contribution in [-0.2, 0) is 19.9 Å². The number of fused-ring (bicyclic) bond motifs is 1. The number of carbonyl (C=O) groups excluding carboxylic acids is 1. The molecule has 0 amide bonds. The number of ether oxygens (including phenoxy) is 2. The van der Waals surface area contributed by atoms with Crippen LogP contribution in [0.1, 0.15) is 37.8 Å². The number of benzene rings is 1. The average molecular weight is 274 g/mol. The molecule has 3 heteroatoms. The fourth-order valence-corrected chi connectivity index (χ4v) is 2.73. The van der Waals surface area contributed by atoms with E-state index in [4.69, 9.17) is 9.47 Å². The van der Waals surface area contributed by atoms with Crippen LogP contribution >= 0.6 is 0 Å². The van der Waals surface area contributed by atoms with Crippen molar-refractivity contribution in [1.82, 2.24) is 0 Å².